The van der Waals surface area contributed by atoms with Gasteiger partial charge in [0.2, 0.25) is 5.96 Å². The predicted octanol–water partition coefficient (Wildman–Crippen LogP) is 4.54. The molecule has 7 nitrogen and oxygen atoms in total. The zero-order valence-electron chi connectivity index (χ0n) is 19.6. The molecule has 2 aromatic carbocycles. The smallest absolute Gasteiger partial charge is 0.257 e. The number of aryl methyl sites for hydroxylation is 4. The second-order valence-electron chi connectivity index (χ2n) is 7.76. The van der Waals surface area contributed by atoms with Crippen LogP contribution in [0.2, 0.25) is 0 Å². The summed E-state index contributed by atoms with van der Waals surface area (Å²) in [4.78, 5) is 17.6. The Morgan fingerprint density at radius 2 is 1.81 bits per heavy atom. The normalized spacial score (nSPS) is 11.4. The topological polar surface area (TPSA) is 80.5 Å². The van der Waals surface area contributed by atoms with Crippen LogP contribution in [0, 0.1) is 27.7 Å². The van der Waals surface area contributed by atoms with E-state index in [9.17, 15) is 4.79 Å². The van der Waals surface area contributed by atoms with E-state index >= 15 is 0 Å². The van der Waals surface area contributed by atoms with E-state index in [1.165, 1.54) is 5.56 Å². The molecule has 0 unspecified atom stereocenters. The molecule has 2 N–H and O–H groups in total. The van der Waals surface area contributed by atoms with Crippen LogP contribution >= 0.6 is 0 Å². The number of rotatable bonds is 6. The number of benzene rings is 2. The van der Waals surface area contributed by atoms with Crippen LogP contribution < -0.4 is 15.4 Å². The van der Waals surface area contributed by atoms with Crippen LogP contribution in [-0.4, -0.2) is 28.8 Å². The lowest BCUT2D eigenvalue weighted by Gasteiger charge is -2.14. The minimum atomic E-state index is -0.249. The maximum Gasteiger partial charge on any atom is 0.257 e. The quantitative estimate of drug-likeness (QED) is 0.442. The number of carbonyl (C=O) groups is 1. The summed E-state index contributed by atoms with van der Waals surface area (Å²) in [5.41, 5.74) is 6.75. The van der Waals surface area contributed by atoms with Gasteiger partial charge in [-0.15, -0.1) is 0 Å². The van der Waals surface area contributed by atoms with Gasteiger partial charge >= 0.3 is 0 Å². The first-order chi connectivity index (χ1) is 15.3. The van der Waals surface area contributed by atoms with Gasteiger partial charge in [0.1, 0.15) is 5.75 Å². The minimum Gasteiger partial charge on any atom is -0.497 e. The maximum absolute atomic E-state index is 12.9. The van der Waals surface area contributed by atoms with Crippen molar-refractivity contribution in [2.75, 3.05) is 12.4 Å². The van der Waals surface area contributed by atoms with Gasteiger partial charge in [-0.3, -0.25) is 14.8 Å². The number of aliphatic imine (C=N–C) groups is 1. The van der Waals surface area contributed by atoms with Gasteiger partial charge < -0.3 is 10.1 Å². The lowest BCUT2D eigenvalue weighted by Crippen LogP contribution is -2.36. The highest BCUT2D eigenvalue weighted by Crippen LogP contribution is 2.18. The monoisotopic (exact) mass is 433 g/mol. The molecule has 3 aromatic rings. The predicted molar refractivity (Wildman–Crippen MR) is 129 cm³/mol. The second kappa shape index (κ2) is 10.1. The van der Waals surface area contributed by atoms with Crippen molar-refractivity contribution in [3.63, 3.8) is 0 Å². The average Bonchev–Trinajstić information content (AvgIpc) is 3.06. The number of nitrogens with one attached hydrogen (secondary N) is 2. The number of aromatic nitrogens is 2. The van der Waals surface area contributed by atoms with Gasteiger partial charge in [0.15, 0.2) is 0 Å². The number of methoxy groups -OCH3 is 1. The molecule has 0 aliphatic rings. The molecular weight excluding hydrogens is 402 g/mol. The number of ether oxygens (including phenoxy) is 1. The van der Waals surface area contributed by atoms with Crippen molar-refractivity contribution in [2.24, 2.45) is 4.99 Å². The van der Waals surface area contributed by atoms with Crippen molar-refractivity contribution >= 4 is 17.6 Å². The molecule has 0 aliphatic carbocycles. The zero-order chi connectivity index (χ0) is 23.3. The van der Waals surface area contributed by atoms with Crippen LogP contribution in [0.15, 0.2) is 47.5 Å². The molecule has 32 heavy (non-hydrogen) atoms. The van der Waals surface area contributed by atoms with E-state index in [-0.39, 0.29) is 5.91 Å². The van der Waals surface area contributed by atoms with Crippen LogP contribution in [0.4, 0.5) is 5.69 Å². The van der Waals surface area contributed by atoms with Gasteiger partial charge in [-0.2, -0.15) is 5.10 Å². The van der Waals surface area contributed by atoms with Crippen molar-refractivity contribution in [3.05, 3.63) is 76.1 Å². The third-order valence-corrected chi connectivity index (χ3v) is 5.45. The molecular formula is C25H31N5O2. The lowest BCUT2D eigenvalue weighted by atomic mass is 10.1. The Morgan fingerprint density at radius 3 is 2.41 bits per heavy atom. The first-order valence-corrected chi connectivity index (χ1v) is 10.7. The Balaban J connectivity index is 1.88. The Bertz CT molecular complexity index is 1130. The van der Waals surface area contributed by atoms with Crippen LogP contribution in [0.3, 0.4) is 0 Å². The van der Waals surface area contributed by atoms with Crippen molar-refractivity contribution in [2.45, 2.75) is 47.7 Å². The third-order valence-electron chi connectivity index (χ3n) is 5.45. The molecule has 0 aliphatic heterocycles. The standard InChI is InChI=1S/C25H31N5O2/c1-7-30-19(5)22(18(4)29-30)15-26-25(27-23-13-8-16(2)14-17(23)3)28-24(31)20-9-11-21(32-6)12-10-20/h8-14H,7,15H2,1-6H3,(H2,26,27,28,31). The van der Waals surface area contributed by atoms with E-state index in [0.717, 1.165) is 34.7 Å². The number of anilines is 1. The molecule has 3 rings (SSSR count). The van der Waals surface area contributed by atoms with Crippen molar-refractivity contribution < 1.29 is 9.53 Å². The number of carbonyl (C=O) groups excluding carboxylic acids is 1. The van der Waals surface area contributed by atoms with Crippen LogP contribution in [0.25, 0.3) is 0 Å². The van der Waals surface area contributed by atoms with Crippen molar-refractivity contribution in [1.29, 1.82) is 0 Å². The third kappa shape index (κ3) is 5.35. The number of hydrogen-bond acceptors (Lipinski definition) is 4. The zero-order valence-corrected chi connectivity index (χ0v) is 19.6. The number of nitrogens with zero attached hydrogens (tertiary/aromatic N) is 3. The molecule has 0 fully saturated rings. The first-order valence-electron chi connectivity index (χ1n) is 10.7. The van der Waals surface area contributed by atoms with E-state index in [1.807, 2.05) is 44.5 Å². The fourth-order valence-corrected chi connectivity index (χ4v) is 3.54. The SMILES string of the molecule is CCn1nc(C)c(CN=C(NC(=O)c2ccc(OC)cc2)Nc2ccc(C)cc2C)c1C. The Hall–Kier alpha value is -3.61. The molecule has 0 saturated heterocycles. The Labute approximate surface area is 189 Å². The van der Waals surface area contributed by atoms with E-state index in [0.29, 0.717) is 23.8 Å². The van der Waals surface area contributed by atoms with Crippen LogP contribution in [-0.2, 0) is 13.1 Å². The van der Waals surface area contributed by atoms with Gasteiger partial charge in [0, 0.05) is 29.1 Å². The molecule has 0 bridgehead atoms. The Morgan fingerprint density at radius 1 is 1.09 bits per heavy atom. The van der Waals surface area contributed by atoms with Gasteiger partial charge in [-0.05, 0) is 70.5 Å². The summed E-state index contributed by atoms with van der Waals surface area (Å²) in [6.45, 7) is 11.4. The van der Waals surface area contributed by atoms with E-state index in [2.05, 4.69) is 28.7 Å². The van der Waals surface area contributed by atoms with Crippen LogP contribution in [0.5, 0.6) is 5.75 Å². The molecule has 0 saturated carbocycles. The van der Waals surface area contributed by atoms with E-state index < -0.39 is 0 Å². The molecule has 0 radical (unpaired) electrons. The lowest BCUT2D eigenvalue weighted by molar-refractivity contribution is 0.0977. The van der Waals surface area contributed by atoms with Gasteiger partial charge in [-0.25, -0.2) is 4.99 Å². The summed E-state index contributed by atoms with van der Waals surface area (Å²) in [7, 11) is 1.60. The summed E-state index contributed by atoms with van der Waals surface area (Å²) in [6, 6.07) is 13.1. The van der Waals surface area contributed by atoms with Crippen molar-refractivity contribution in [3.8, 4) is 5.75 Å². The Kier molecular flexibility index (Phi) is 7.30. The summed E-state index contributed by atoms with van der Waals surface area (Å²) >= 11 is 0. The fraction of sp³-hybridized carbons (Fsp3) is 0.320. The van der Waals surface area contributed by atoms with Crippen LogP contribution in [0.1, 0.15) is 45.4 Å². The summed E-state index contributed by atoms with van der Waals surface area (Å²) in [5, 5.41) is 10.8. The van der Waals surface area contributed by atoms with Crippen molar-refractivity contribution in [1.82, 2.24) is 15.1 Å². The van der Waals surface area contributed by atoms with Gasteiger partial charge in [-0.1, -0.05) is 17.7 Å². The molecule has 1 aromatic heterocycles. The minimum absolute atomic E-state index is 0.249. The summed E-state index contributed by atoms with van der Waals surface area (Å²) in [6.07, 6.45) is 0. The highest BCUT2D eigenvalue weighted by Gasteiger charge is 2.13. The number of amides is 1. The largest absolute Gasteiger partial charge is 0.497 e. The fourth-order valence-electron chi connectivity index (χ4n) is 3.54. The highest BCUT2D eigenvalue weighted by molar-refractivity contribution is 6.10. The molecule has 1 heterocycles. The van der Waals surface area contributed by atoms with Gasteiger partial charge in [0.05, 0.1) is 19.3 Å². The second-order valence-corrected chi connectivity index (χ2v) is 7.76. The summed E-state index contributed by atoms with van der Waals surface area (Å²) in [5.74, 6) is 0.838. The number of hydrogen-bond donors (Lipinski definition) is 2. The average molecular weight is 434 g/mol. The van der Waals surface area contributed by atoms with E-state index in [1.54, 1.807) is 31.4 Å². The first kappa shape index (κ1) is 23.1. The molecule has 168 valence electrons. The number of guanidine groups is 1. The van der Waals surface area contributed by atoms with Gasteiger partial charge in [0.25, 0.3) is 5.91 Å². The maximum atomic E-state index is 12.9. The summed E-state index contributed by atoms with van der Waals surface area (Å²) < 4.78 is 7.14. The van der Waals surface area contributed by atoms with E-state index in [4.69, 9.17) is 9.73 Å². The molecule has 7 heteroatoms. The molecule has 0 atom stereocenters. The molecule has 0 spiro atoms. The highest BCUT2D eigenvalue weighted by atomic mass is 16.5. The molecule has 1 amide bonds.